The number of methoxy groups -OCH3 is 1. The van der Waals surface area contributed by atoms with Gasteiger partial charge in [-0.2, -0.15) is 0 Å². The predicted octanol–water partition coefficient (Wildman–Crippen LogP) is 4.69. The normalized spacial score (nSPS) is 16.8. The van der Waals surface area contributed by atoms with Gasteiger partial charge in [0.2, 0.25) is 0 Å². The number of halogens is 2. The standard InChI is InChI=1S/C17H16Cl2O2/c1-20-16-3-2-12-6-17(8-13(12)7-16)21-10-11-4-14(18)9-15(19)5-11/h2-5,7,9,17H,6,8,10H2,1H3. The van der Waals surface area contributed by atoms with Crippen molar-refractivity contribution in [1.29, 1.82) is 0 Å². The molecule has 0 fully saturated rings. The van der Waals surface area contributed by atoms with Crippen molar-refractivity contribution in [2.75, 3.05) is 7.11 Å². The predicted molar refractivity (Wildman–Crippen MR) is 85.4 cm³/mol. The lowest BCUT2D eigenvalue weighted by Gasteiger charge is -2.11. The second-order valence-corrected chi connectivity index (χ2v) is 6.13. The molecule has 1 atom stereocenters. The molecule has 1 aliphatic carbocycles. The Bertz CT molecular complexity index is 635. The first-order valence-corrected chi connectivity index (χ1v) is 7.62. The van der Waals surface area contributed by atoms with E-state index in [9.17, 15) is 0 Å². The average Bonchev–Trinajstić information content (AvgIpc) is 2.85. The Morgan fingerprint density at radius 2 is 1.71 bits per heavy atom. The largest absolute Gasteiger partial charge is 0.497 e. The van der Waals surface area contributed by atoms with Crippen molar-refractivity contribution < 1.29 is 9.47 Å². The molecule has 1 aliphatic rings. The first kappa shape index (κ1) is 14.7. The minimum Gasteiger partial charge on any atom is -0.497 e. The number of ether oxygens (including phenoxy) is 2. The Kier molecular flexibility index (Phi) is 4.39. The summed E-state index contributed by atoms with van der Waals surface area (Å²) in [5, 5.41) is 1.28. The zero-order valence-corrected chi connectivity index (χ0v) is 13.2. The molecule has 0 aliphatic heterocycles. The average molecular weight is 323 g/mol. The van der Waals surface area contributed by atoms with Crippen LogP contribution >= 0.6 is 23.2 Å². The molecule has 110 valence electrons. The summed E-state index contributed by atoms with van der Waals surface area (Å²) in [6.07, 6.45) is 2.05. The maximum Gasteiger partial charge on any atom is 0.119 e. The van der Waals surface area contributed by atoms with Gasteiger partial charge < -0.3 is 9.47 Å². The fourth-order valence-corrected chi connectivity index (χ4v) is 3.28. The van der Waals surface area contributed by atoms with Crippen LogP contribution in [-0.4, -0.2) is 13.2 Å². The summed E-state index contributed by atoms with van der Waals surface area (Å²) in [6.45, 7) is 0.524. The summed E-state index contributed by atoms with van der Waals surface area (Å²) in [7, 11) is 1.69. The maximum atomic E-state index is 6.00. The quantitative estimate of drug-likeness (QED) is 0.813. The Morgan fingerprint density at radius 3 is 2.43 bits per heavy atom. The van der Waals surface area contributed by atoms with Gasteiger partial charge in [0, 0.05) is 10.0 Å². The highest BCUT2D eigenvalue weighted by Gasteiger charge is 2.22. The van der Waals surface area contributed by atoms with Crippen LogP contribution in [-0.2, 0) is 24.2 Å². The molecule has 0 amide bonds. The van der Waals surface area contributed by atoms with Crippen LogP contribution in [0.15, 0.2) is 36.4 Å². The van der Waals surface area contributed by atoms with E-state index >= 15 is 0 Å². The summed E-state index contributed by atoms with van der Waals surface area (Å²) in [5.41, 5.74) is 3.65. The fraction of sp³-hybridized carbons (Fsp3) is 0.294. The van der Waals surface area contributed by atoms with E-state index in [1.54, 1.807) is 13.2 Å². The summed E-state index contributed by atoms with van der Waals surface area (Å²) >= 11 is 12.0. The molecule has 2 aromatic carbocycles. The third-order valence-electron chi connectivity index (χ3n) is 3.72. The number of fused-ring (bicyclic) bond motifs is 1. The highest BCUT2D eigenvalue weighted by molar-refractivity contribution is 6.34. The smallest absolute Gasteiger partial charge is 0.119 e. The van der Waals surface area contributed by atoms with Crippen molar-refractivity contribution in [2.24, 2.45) is 0 Å². The Balaban J connectivity index is 1.63. The SMILES string of the molecule is COc1ccc2c(c1)CC(OCc1cc(Cl)cc(Cl)c1)C2. The summed E-state index contributed by atoms with van der Waals surface area (Å²) in [4.78, 5) is 0. The molecule has 0 spiro atoms. The fourth-order valence-electron chi connectivity index (χ4n) is 2.71. The molecule has 0 heterocycles. The van der Waals surface area contributed by atoms with Gasteiger partial charge in [0.25, 0.3) is 0 Å². The van der Waals surface area contributed by atoms with Crippen molar-refractivity contribution in [3.8, 4) is 5.75 Å². The van der Waals surface area contributed by atoms with Gasteiger partial charge in [-0.05, 0) is 59.9 Å². The van der Waals surface area contributed by atoms with Crippen LogP contribution in [0, 0.1) is 0 Å². The second kappa shape index (κ2) is 6.27. The first-order chi connectivity index (χ1) is 10.1. The Labute approximate surface area is 134 Å². The van der Waals surface area contributed by atoms with Gasteiger partial charge in [0.15, 0.2) is 0 Å². The van der Waals surface area contributed by atoms with Gasteiger partial charge >= 0.3 is 0 Å². The van der Waals surface area contributed by atoms with E-state index < -0.39 is 0 Å². The third kappa shape index (κ3) is 3.52. The number of benzene rings is 2. The van der Waals surface area contributed by atoms with Crippen molar-refractivity contribution in [2.45, 2.75) is 25.6 Å². The van der Waals surface area contributed by atoms with Crippen LogP contribution in [0.1, 0.15) is 16.7 Å². The number of hydrogen-bond acceptors (Lipinski definition) is 2. The van der Waals surface area contributed by atoms with E-state index in [-0.39, 0.29) is 6.10 Å². The lowest BCUT2D eigenvalue weighted by Crippen LogP contribution is -2.12. The minimum atomic E-state index is 0.199. The van der Waals surface area contributed by atoms with E-state index in [1.165, 1.54) is 11.1 Å². The molecule has 0 saturated carbocycles. The van der Waals surface area contributed by atoms with E-state index in [0.717, 1.165) is 24.2 Å². The molecule has 0 N–H and O–H groups in total. The van der Waals surface area contributed by atoms with Gasteiger partial charge in [0.1, 0.15) is 5.75 Å². The minimum absolute atomic E-state index is 0.199. The van der Waals surface area contributed by atoms with Crippen LogP contribution in [0.4, 0.5) is 0 Å². The molecule has 0 radical (unpaired) electrons. The van der Waals surface area contributed by atoms with Gasteiger partial charge in [-0.3, -0.25) is 0 Å². The zero-order chi connectivity index (χ0) is 14.8. The van der Waals surface area contributed by atoms with Gasteiger partial charge in [-0.25, -0.2) is 0 Å². The monoisotopic (exact) mass is 322 g/mol. The number of hydrogen-bond donors (Lipinski definition) is 0. The van der Waals surface area contributed by atoms with E-state index in [1.807, 2.05) is 18.2 Å². The van der Waals surface area contributed by atoms with Crippen LogP contribution in [0.25, 0.3) is 0 Å². The van der Waals surface area contributed by atoms with Crippen LogP contribution in [0.2, 0.25) is 10.0 Å². The van der Waals surface area contributed by atoms with E-state index in [4.69, 9.17) is 32.7 Å². The highest BCUT2D eigenvalue weighted by atomic mass is 35.5. The second-order valence-electron chi connectivity index (χ2n) is 5.25. The molecule has 2 aromatic rings. The van der Waals surface area contributed by atoms with E-state index in [0.29, 0.717) is 16.7 Å². The zero-order valence-electron chi connectivity index (χ0n) is 11.7. The van der Waals surface area contributed by atoms with Crippen molar-refractivity contribution in [1.82, 2.24) is 0 Å². The van der Waals surface area contributed by atoms with E-state index in [2.05, 4.69) is 12.1 Å². The Hall–Kier alpha value is -1.22. The molecule has 3 rings (SSSR count). The van der Waals surface area contributed by atoms with Gasteiger partial charge in [0.05, 0.1) is 19.8 Å². The third-order valence-corrected chi connectivity index (χ3v) is 4.15. The molecule has 0 saturated heterocycles. The molecule has 2 nitrogen and oxygen atoms in total. The van der Waals surface area contributed by atoms with Crippen LogP contribution in [0.5, 0.6) is 5.75 Å². The molecular formula is C17H16Cl2O2. The summed E-state index contributed by atoms with van der Waals surface area (Å²) in [6, 6.07) is 11.7. The van der Waals surface area contributed by atoms with Crippen molar-refractivity contribution in [3.05, 3.63) is 63.1 Å². The molecule has 4 heteroatoms. The molecule has 0 aromatic heterocycles. The van der Waals surface area contributed by atoms with Crippen LogP contribution < -0.4 is 4.74 Å². The lowest BCUT2D eigenvalue weighted by molar-refractivity contribution is 0.0479. The van der Waals surface area contributed by atoms with Crippen molar-refractivity contribution in [3.63, 3.8) is 0 Å². The number of rotatable bonds is 4. The lowest BCUT2D eigenvalue weighted by atomic mass is 10.1. The molecule has 0 bridgehead atoms. The summed E-state index contributed by atoms with van der Waals surface area (Å²) < 4.78 is 11.3. The van der Waals surface area contributed by atoms with Crippen LogP contribution in [0.3, 0.4) is 0 Å². The molecular weight excluding hydrogens is 307 g/mol. The van der Waals surface area contributed by atoms with Gasteiger partial charge in [-0.15, -0.1) is 0 Å². The molecule has 21 heavy (non-hydrogen) atoms. The first-order valence-electron chi connectivity index (χ1n) is 6.86. The molecule has 1 unspecified atom stereocenters. The van der Waals surface area contributed by atoms with Crippen molar-refractivity contribution >= 4 is 23.2 Å². The highest BCUT2D eigenvalue weighted by Crippen LogP contribution is 2.28. The van der Waals surface area contributed by atoms with Gasteiger partial charge in [-0.1, -0.05) is 29.3 Å². The topological polar surface area (TPSA) is 18.5 Å². The Morgan fingerprint density at radius 1 is 1.00 bits per heavy atom. The summed E-state index contributed by atoms with van der Waals surface area (Å²) in [5.74, 6) is 0.899. The maximum absolute atomic E-state index is 6.00.